The number of halogens is 7. The summed E-state index contributed by atoms with van der Waals surface area (Å²) in [7, 11) is 0. The molecule has 1 saturated carbocycles. The van der Waals surface area contributed by atoms with E-state index in [0.717, 1.165) is 36.3 Å². The van der Waals surface area contributed by atoms with Crippen LogP contribution in [0.1, 0.15) is 50.2 Å². The van der Waals surface area contributed by atoms with Crippen LogP contribution >= 0.6 is 0 Å². The standard InChI is InChI=1S/C30H25F7/c1-18-2-4-19(5-3-18)6-7-20-8-10-23(26(31)14-20)21-9-11-24(27(32)15-21)22-16-28(33)25(29(34)17-22)12-13-30(35,36)37/h8-11,14-19H,2-7H2,1H3. The molecule has 0 heterocycles. The maximum atomic E-state index is 14.9. The van der Waals surface area contributed by atoms with Gasteiger partial charge in [0.15, 0.2) is 0 Å². The minimum absolute atomic E-state index is 0.185. The van der Waals surface area contributed by atoms with Gasteiger partial charge < -0.3 is 0 Å². The summed E-state index contributed by atoms with van der Waals surface area (Å²) in [4.78, 5) is 0. The topological polar surface area (TPSA) is 0 Å². The van der Waals surface area contributed by atoms with Crippen molar-refractivity contribution in [3.05, 3.63) is 82.9 Å². The normalized spacial score (nSPS) is 17.8. The molecular weight excluding hydrogens is 493 g/mol. The minimum atomic E-state index is -4.92. The van der Waals surface area contributed by atoms with Gasteiger partial charge in [-0.15, -0.1) is 0 Å². The zero-order valence-corrected chi connectivity index (χ0v) is 20.2. The Kier molecular flexibility index (Phi) is 7.96. The lowest BCUT2D eigenvalue weighted by molar-refractivity contribution is -0.0696. The van der Waals surface area contributed by atoms with Gasteiger partial charge in [-0.2, -0.15) is 13.2 Å². The molecule has 0 amide bonds. The minimum Gasteiger partial charge on any atom is -0.206 e. The van der Waals surface area contributed by atoms with Gasteiger partial charge in [0.25, 0.3) is 0 Å². The van der Waals surface area contributed by atoms with Crippen molar-refractivity contribution < 1.29 is 30.7 Å². The van der Waals surface area contributed by atoms with Crippen LogP contribution in [0.3, 0.4) is 0 Å². The first-order valence-corrected chi connectivity index (χ1v) is 12.2. The third kappa shape index (κ3) is 6.74. The SMILES string of the molecule is CC1CCC(CCc2ccc(-c3ccc(-c4cc(F)c(C#CC(F)(F)F)c(F)c4)c(F)c3)c(F)c2)CC1. The van der Waals surface area contributed by atoms with Gasteiger partial charge in [-0.3, -0.25) is 0 Å². The van der Waals surface area contributed by atoms with Crippen LogP contribution in [0, 0.1) is 46.9 Å². The van der Waals surface area contributed by atoms with Crippen LogP contribution in [0.4, 0.5) is 30.7 Å². The highest BCUT2D eigenvalue weighted by Crippen LogP contribution is 2.33. The van der Waals surface area contributed by atoms with Crippen molar-refractivity contribution in [1.82, 2.24) is 0 Å². The van der Waals surface area contributed by atoms with E-state index in [1.165, 1.54) is 49.8 Å². The first-order chi connectivity index (χ1) is 17.5. The molecule has 3 aromatic carbocycles. The Hall–Kier alpha value is -3.27. The smallest absolute Gasteiger partial charge is 0.206 e. The van der Waals surface area contributed by atoms with Gasteiger partial charge in [-0.1, -0.05) is 62.8 Å². The third-order valence-corrected chi connectivity index (χ3v) is 6.97. The molecule has 194 valence electrons. The maximum Gasteiger partial charge on any atom is 0.458 e. The number of benzene rings is 3. The van der Waals surface area contributed by atoms with E-state index < -0.39 is 35.0 Å². The molecular formula is C30H25F7. The fourth-order valence-corrected chi connectivity index (χ4v) is 4.83. The van der Waals surface area contributed by atoms with Crippen molar-refractivity contribution in [1.29, 1.82) is 0 Å². The largest absolute Gasteiger partial charge is 0.458 e. The summed E-state index contributed by atoms with van der Waals surface area (Å²) in [6.07, 6.45) is 1.72. The van der Waals surface area contributed by atoms with Crippen LogP contribution in [-0.4, -0.2) is 6.18 Å². The quantitative estimate of drug-likeness (QED) is 0.233. The number of hydrogen-bond donors (Lipinski definition) is 0. The molecule has 1 aliphatic carbocycles. The average molecular weight is 519 g/mol. The van der Waals surface area contributed by atoms with Crippen molar-refractivity contribution in [3.63, 3.8) is 0 Å². The summed E-state index contributed by atoms with van der Waals surface area (Å²) in [6, 6.07) is 10.0. The van der Waals surface area contributed by atoms with Gasteiger partial charge >= 0.3 is 6.18 Å². The Bertz CT molecular complexity index is 1310. The van der Waals surface area contributed by atoms with Crippen LogP contribution in [0.15, 0.2) is 48.5 Å². The van der Waals surface area contributed by atoms with Gasteiger partial charge in [0.2, 0.25) is 0 Å². The Balaban J connectivity index is 1.52. The molecule has 0 bridgehead atoms. The molecule has 1 fully saturated rings. The zero-order valence-electron chi connectivity index (χ0n) is 20.2. The average Bonchev–Trinajstić information content (AvgIpc) is 2.82. The molecule has 0 radical (unpaired) electrons. The first kappa shape index (κ1) is 26.8. The lowest BCUT2D eigenvalue weighted by Crippen LogP contribution is -2.12. The lowest BCUT2D eigenvalue weighted by atomic mass is 9.80. The van der Waals surface area contributed by atoms with E-state index in [1.54, 1.807) is 6.07 Å². The fourth-order valence-electron chi connectivity index (χ4n) is 4.83. The van der Waals surface area contributed by atoms with E-state index in [1.807, 2.05) is 6.07 Å². The second kappa shape index (κ2) is 11.0. The Morgan fingerprint density at radius 2 is 1.30 bits per heavy atom. The molecule has 0 saturated heterocycles. The van der Waals surface area contributed by atoms with Crippen LogP contribution < -0.4 is 0 Å². The third-order valence-electron chi connectivity index (χ3n) is 6.97. The van der Waals surface area contributed by atoms with Crippen molar-refractivity contribution >= 4 is 0 Å². The Labute approximate surface area is 211 Å². The van der Waals surface area contributed by atoms with E-state index in [0.29, 0.717) is 18.1 Å². The second-order valence-electron chi connectivity index (χ2n) is 9.74. The highest BCUT2D eigenvalue weighted by atomic mass is 19.4. The maximum absolute atomic E-state index is 14.9. The van der Waals surface area contributed by atoms with Crippen molar-refractivity contribution in [3.8, 4) is 34.1 Å². The molecule has 0 unspecified atom stereocenters. The van der Waals surface area contributed by atoms with Crippen LogP contribution in [0.5, 0.6) is 0 Å². The van der Waals surface area contributed by atoms with Gasteiger partial charge in [-0.25, -0.2) is 17.6 Å². The van der Waals surface area contributed by atoms with Crippen molar-refractivity contribution in [2.24, 2.45) is 11.8 Å². The van der Waals surface area contributed by atoms with Crippen molar-refractivity contribution in [2.45, 2.75) is 51.6 Å². The van der Waals surface area contributed by atoms with Crippen molar-refractivity contribution in [2.75, 3.05) is 0 Å². The molecule has 0 aromatic heterocycles. The molecule has 7 heteroatoms. The van der Waals surface area contributed by atoms with E-state index in [-0.39, 0.29) is 22.3 Å². The molecule has 0 N–H and O–H groups in total. The van der Waals surface area contributed by atoms with E-state index in [4.69, 9.17) is 0 Å². The van der Waals surface area contributed by atoms with Gasteiger partial charge in [0.1, 0.15) is 23.3 Å². The summed E-state index contributed by atoms with van der Waals surface area (Å²) in [6.45, 7) is 2.27. The summed E-state index contributed by atoms with van der Waals surface area (Å²) in [5, 5.41) is 0. The number of alkyl halides is 3. The highest BCUT2D eigenvalue weighted by Gasteiger charge is 2.24. The highest BCUT2D eigenvalue weighted by molar-refractivity contribution is 5.72. The predicted molar refractivity (Wildman–Crippen MR) is 130 cm³/mol. The molecule has 0 nitrogen and oxygen atoms in total. The second-order valence-corrected chi connectivity index (χ2v) is 9.74. The van der Waals surface area contributed by atoms with E-state index in [2.05, 4.69) is 6.92 Å². The number of hydrogen-bond acceptors (Lipinski definition) is 0. The summed E-state index contributed by atoms with van der Waals surface area (Å²) < 4.78 is 95.1. The predicted octanol–water partition coefficient (Wildman–Crippen LogP) is 9.25. The van der Waals surface area contributed by atoms with Gasteiger partial charge in [-0.05, 0) is 65.6 Å². The Morgan fingerprint density at radius 1 is 0.730 bits per heavy atom. The fraction of sp³-hybridized carbons (Fsp3) is 0.333. The van der Waals surface area contributed by atoms with E-state index >= 15 is 0 Å². The molecule has 4 rings (SSSR count). The zero-order chi connectivity index (χ0) is 26.7. The van der Waals surface area contributed by atoms with Crippen LogP contribution in [0.2, 0.25) is 0 Å². The van der Waals surface area contributed by atoms with E-state index in [9.17, 15) is 30.7 Å². The summed E-state index contributed by atoms with van der Waals surface area (Å²) in [5.41, 5.74) is -0.147. The number of aryl methyl sites for hydroxylation is 1. The lowest BCUT2D eigenvalue weighted by Gasteiger charge is -2.26. The number of rotatable bonds is 5. The van der Waals surface area contributed by atoms with Gasteiger partial charge in [0.05, 0.1) is 5.56 Å². The molecule has 0 aliphatic heterocycles. The molecule has 0 spiro atoms. The van der Waals surface area contributed by atoms with Gasteiger partial charge in [0, 0.05) is 17.0 Å². The first-order valence-electron chi connectivity index (χ1n) is 12.2. The summed E-state index contributed by atoms with van der Waals surface area (Å²) in [5.74, 6) is -0.387. The van der Waals surface area contributed by atoms with Crippen LogP contribution in [-0.2, 0) is 6.42 Å². The molecule has 37 heavy (non-hydrogen) atoms. The molecule has 1 aliphatic rings. The summed E-state index contributed by atoms with van der Waals surface area (Å²) >= 11 is 0. The Morgan fingerprint density at radius 3 is 1.89 bits per heavy atom. The molecule has 3 aromatic rings. The molecule has 0 atom stereocenters. The monoisotopic (exact) mass is 518 g/mol. The van der Waals surface area contributed by atoms with Crippen LogP contribution in [0.25, 0.3) is 22.3 Å².